The van der Waals surface area contributed by atoms with Crippen LogP contribution >= 0.6 is 22.9 Å². The summed E-state index contributed by atoms with van der Waals surface area (Å²) in [6.45, 7) is 6.80. The molecule has 4 aromatic rings. The predicted molar refractivity (Wildman–Crippen MR) is 163 cm³/mol. The van der Waals surface area contributed by atoms with E-state index in [0.29, 0.717) is 23.3 Å². The largest absolute Gasteiger partial charge is 0.369 e. The molecule has 0 saturated carbocycles. The summed E-state index contributed by atoms with van der Waals surface area (Å²) >= 11 is 8.38. The molecule has 2 aromatic carbocycles. The smallest absolute Gasteiger partial charge is 0.229 e. The van der Waals surface area contributed by atoms with Gasteiger partial charge in [-0.1, -0.05) is 23.7 Å². The number of anilines is 4. The fraction of sp³-hybridized carbons (Fsp3) is 0.267. The van der Waals surface area contributed by atoms with Crippen molar-refractivity contribution in [1.82, 2.24) is 14.9 Å². The number of hydrogen-bond donors (Lipinski definition) is 2. The second kappa shape index (κ2) is 11.0. The van der Waals surface area contributed by atoms with Gasteiger partial charge in [0, 0.05) is 72.0 Å². The fourth-order valence-electron chi connectivity index (χ4n) is 5.15. The van der Waals surface area contributed by atoms with E-state index in [9.17, 15) is 5.11 Å². The normalized spacial score (nSPS) is 17.6. The molecule has 1 atom stereocenters. The second-order valence-electron chi connectivity index (χ2n) is 9.90. The molecule has 0 amide bonds. The molecule has 0 radical (unpaired) electrons. The minimum atomic E-state index is -0.877. The Morgan fingerprint density at radius 2 is 1.85 bits per heavy atom. The molecule has 7 nitrogen and oxygen atoms in total. The number of thiophene rings is 1. The van der Waals surface area contributed by atoms with E-state index in [1.165, 1.54) is 5.69 Å². The van der Waals surface area contributed by atoms with E-state index in [-0.39, 0.29) is 0 Å². The van der Waals surface area contributed by atoms with Crippen LogP contribution in [0.2, 0.25) is 5.02 Å². The third-order valence-electron chi connectivity index (χ3n) is 7.42. The SMILES string of the molecule is CCN1c2nc(Nc3ccc(N4CCN(C)CC4)cc3)ncc2C=C(c2ccc(-c3ccsc3)cc2Cl)C1O. The van der Waals surface area contributed by atoms with Crippen LogP contribution in [0.25, 0.3) is 22.8 Å². The molecule has 2 aromatic heterocycles. The van der Waals surface area contributed by atoms with Crippen LogP contribution in [0, 0.1) is 0 Å². The van der Waals surface area contributed by atoms with Crippen LogP contribution in [0.4, 0.5) is 23.1 Å². The Morgan fingerprint density at radius 1 is 1.05 bits per heavy atom. The molecule has 9 heteroatoms. The summed E-state index contributed by atoms with van der Waals surface area (Å²) in [7, 11) is 2.16. The van der Waals surface area contributed by atoms with E-state index in [4.69, 9.17) is 16.6 Å². The Balaban J connectivity index is 1.24. The van der Waals surface area contributed by atoms with Crippen LogP contribution < -0.4 is 15.1 Å². The summed E-state index contributed by atoms with van der Waals surface area (Å²) in [6.07, 6.45) is 2.86. The van der Waals surface area contributed by atoms with Gasteiger partial charge in [-0.25, -0.2) is 4.98 Å². The maximum atomic E-state index is 11.4. The van der Waals surface area contributed by atoms with Crippen molar-refractivity contribution in [1.29, 1.82) is 0 Å². The minimum Gasteiger partial charge on any atom is -0.369 e. The molecule has 39 heavy (non-hydrogen) atoms. The second-order valence-corrected chi connectivity index (χ2v) is 11.1. The number of rotatable bonds is 6. The molecule has 4 heterocycles. The van der Waals surface area contributed by atoms with Crippen molar-refractivity contribution in [3.8, 4) is 11.1 Å². The van der Waals surface area contributed by atoms with Crippen LogP contribution in [0.15, 0.2) is 65.5 Å². The lowest BCUT2D eigenvalue weighted by atomic mass is 9.96. The lowest BCUT2D eigenvalue weighted by molar-refractivity contribution is 0.225. The van der Waals surface area contributed by atoms with E-state index >= 15 is 0 Å². The number of aromatic nitrogens is 2. The molecule has 200 valence electrons. The standard InChI is InChI=1S/C30H31ClN6OS/c1-3-37-28-22(16-26(29(37)38)25-9-4-20(17-27(25)31)21-10-15-39-19-21)18-32-30(34-28)33-23-5-7-24(8-6-23)36-13-11-35(2)12-14-36/h4-10,15-19,29,38H,3,11-14H2,1-2H3,(H,32,33,34). The van der Waals surface area contributed by atoms with Crippen LogP contribution in [0.3, 0.4) is 0 Å². The van der Waals surface area contributed by atoms with Crippen LogP contribution in [-0.4, -0.2) is 66.0 Å². The Hall–Kier alpha value is -3.43. The Morgan fingerprint density at radius 3 is 2.54 bits per heavy atom. The molecule has 0 spiro atoms. The van der Waals surface area contributed by atoms with Gasteiger partial charge >= 0.3 is 0 Å². The number of aliphatic hydroxyl groups is 1. The molecule has 2 aliphatic rings. The minimum absolute atomic E-state index is 0.488. The van der Waals surface area contributed by atoms with Gasteiger partial charge in [-0.3, -0.25) is 0 Å². The van der Waals surface area contributed by atoms with E-state index in [1.54, 1.807) is 17.5 Å². The molecule has 1 fully saturated rings. The number of piperazine rings is 1. The number of hydrogen-bond acceptors (Lipinski definition) is 8. The Kier molecular flexibility index (Phi) is 7.27. The highest BCUT2D eigenvalue weighted by Crippen LogP contribution is 2.39. The molecule has 1 unspecified atom stereocenters. The molecular weight excluding hydrogens is 528 g/mol. The monoisotopic (exact) mass is 558 g/mol. The molecule has 1 saturated heterocycles. The highest BCUT2D eigenvalue weighted by atomic mass is 35.5. The van der Waals surface area contributed by atoms with Gasteiger partial charge in [-0.05, 0) is 78.3 Å². The highest BCUT2D eigenvalue weighted by molar-refractivity contribution is 7.08. The third-order valence-corrected chi connectivity index (χ3v) is 8.42. The number of aliphatic hydroxyl groups excluding tert-OH is 1. The lowest BCUT2D eigenvalue weighted by Crippen LogP contribution is -2.44. The Bertz CT molecular complexity index is 1480. The third kappa shape index (κ3) is 5.25. The number of likely N-dealkylation sites (N-methyl/N-ethyl adjacent to an activating group) is 2. The maximum Gasteiger partial charge on any atom is 0.229 e. The summed E-state index contributed by atoms with van der Waals surface area (Å²) in [6, 6.07) is 16.4. The van der Waals surface area contributed by atoms with Gasteiger partial charge in [0.2, 0.25) is 5.95 Å². The number of benzene rings is 2. The first-order valence-corrected chi connectivity index (χ1v) is 14.5. The topological polar surface area (TPSA) is 67.8 Å². The Labute approximate surface area is 238 Å². The van der Waals surface area contributed by atoms with Crippen molar-refractivity contribution in [3.05, 3.63) is 81.6 Å². The van der Waals surface area contributed by atoms with E-state index in [0.717, 1.165) is 59.7 Å². The summed E-state index contributed by atoms with van der Waals surface area (Å²) in [5, 5.41) is 19.4. The number of halogens is 1. The molecule has 6 rings (SSSR count). The van der Waals surface area contributed by atoms with Gasteiger partial charge in [-0.2, -0.15) is 16.3 Å². The lowest BCUT2D eigenvalue weighted by Gasteiger charge is -2.34. The van der Waals surface area contributed by atoms with Crippen molar-refractivity contribution in [3.63, 3.8) is 0 Å². The highest BCUT2D eigenvalue weighted by Gasteiger charge is 2.29. The summed E-state index contributed by atoms with van der Waals surface area (Å²) in [4.78, 5) is 16.0. The first-order chi connectivity index (χ1) is 19.0. The van der Waals surface area contributed by atoms with Crippen molar-refractivity contribution < 1.29 is 5.11 Å². The average molecular weight is 559 g/mol. The van der Waals surface area contributed by atoms with Crippen molar-refractivity contribution >= 4 is 57.7 Å². The van der Waals surface area contributed by atoms with Crippen LogP contribution in [0.1, 0.15) is 18.1 Å². The zero-order chi connectivity index (χ0) is 26.9. The summed E-state index contributed by atoms with van der Waals surface area (Å²) < 4.78 is 0. The zero-order valence-electron chi connectivity index (χ0n) is 22.0. The van der Waals surface area contributed by atoms with E-state index in [2.05, 4.69) is 62.9 Å². The maximum absolute atomic E-state index is 11.4. The van der Waals surface area contributed by atoms with Gasteiger partial charge in [-0.15, -0.1) is 0 Å². The van der Waals surface area contributed by atoms with Gasteiger partial charge < -0.3 is 25.1 Å². The quantitative estimate of drug-likeness (QED) is 0.298. The molecule has 2 N–H and O–H groups in total. The first-order valence-electron chi connectivity index (χ1n) is 13.2. The average Bonchev–Trinajstić information content (AvgIpc) is 3.49. The van der Waals surface area contributed by atoms with E-state index < -0.39 is 6.23 Å². The van der Waals surface area contributed by atoms with E-state index in [1.807, 2.05) is 41.5 Å². The summed E-state index contributed by atoms with van der Waals surface area (Å²) in [5.41, 5.74) is 6.70. The summed E-state index contributed by atoms with van der Waals surface area (Å²) in [5.74, 6) is 1.17. The van der Waals surface area contributed by atoms with Crippen molar-refractivity contribution in [2.45, 2.75) is 13.2 Å². The first kappa shape index (κ1) is 25.8. The van der Waals surface area contributed by atoms with Crippen LogP contribution in [0.5, 0.6) is 0 Å². The molecule has 0 aliphatic carbocycles. The number of fused-ring (bicyclic) bond motifs is 1. The van der Waals surface area contributed by atoms with Gasteiger partial charge in [0.1, 0.15) is 5.82 Å². The molecular formula is C30H31ClN6OS. The number of nitrogens with zero attached hydrogens (tertiary/aromatic N) is 5. The van der Waals surface area contributed by atoms with Gasteiger partial charge in [0.25, 0.3) is 0 Å². The van der Waals surface area contributed by atoms with Gasteiger partial charge in [0.05, 0.1) is 0 Å². The zero-order valence-corrected chi connectivity index (χ0v) is 23.6. The van der Waals surface area contributed by atoms with Gasteiger partial charge in [0.15, 0.2) is 6.23 Å². The van der Waals surface area contributed by atoms with Crippen molar-refractivity contribution in [2.24, 2.45) is 0 Å². The fourth-order valence-corrected chi connectivity index (χ4v) is 6.10. The molecule has 0 bridgehead atoms. The van der Waals surface area contributed by atoms with Crippen LogP contribution in [-0.2, 0) is 0 Å². The predicted octanol–water partition coefficient (Wildman–Crippen LogP) is 6.05. The number of nitrogens with one attached hydrogen (secondary N) is 1. The molecule has 2 aliphatic heterocycles. The van der Waals surface area contributed by atoms with Crippen molar-refractivity contribution in [2.75, 3.05) is 54.9 Å².